The Hall–Kier alpha value is -3.13. The van der Waals surface area contributed by atoms with E-state index in [0.717, 1.165) is 36.8 Å². The number of rotatable bonds is 7. The zero-order chi connectivity index (χ0) is 23.6. The molecule has 0 atom stereocenters. The van der Waals surface area contributed by atoms with Crippen molar-refractivity contribution in [2.24, 2.45) is 0 Å². The third-order valence-corrected chi connectivity index (χ3v) is 7.46. The third kappa shape index (κ3) is 4.66. The monoisotopic (exact) mass is 467 g/mol. The zero-order valence-electron chi connectivity index (χ0n) is 19.2. The number of aromatic nitrogens is 2. The smallest absolute Gasteiger partial charge is 0.270 e. The molecule has 0 bridgehead atoms. The van der Waals surface area contributed by atoms with E-state index < -0.39 is 10.0 Å². The molecule has 1 N–H and O–H groups in total. The molecule has 0 amide bonds. The van der Waals surface area contributed by atoms with Crippen LogP contribution in [0.15, 0.2) is 52.2 Å². The van der Waals surface area contributed by atoms with Gasteiger partial charge in [0, 0.05) is 23.4 Å². The summed E-state index contributed by atoms with van der Waals surface area (Å²) in [7, 11) is -3.83. The molecular formula is C25H29N3O4S. The summed E-state index contributed by atoms with van der Waals surface area (Å²) in [6, 6.07) is 12.2. The minimum absolute atomic E-state index is 0.0342. The number of aryl methyl sites for hydroxylation is 2. The van der Waals surface area contributed by atoms with Gasteiger partial charge in [-0.1, -0.05) is 12.1 Å². The molecule has 0 saturated carbocycles. The minimum atomic E-state index is -3.83. The van der Waals surface area contributed by atoms with Gasteiger partial charge < -0.3 is 4.74 Å². The van der Waals surface area contributed by atoms with Crippen LogP contribution in [-0.4, -0.2) is 24.8 Å². The Morgan fingerprint density at radius 3 is 2.39 bits per heavy atom. The Kier molecular flexibility index (Phi) is 6.56. The highest BCUT2D eigenvalue weighted by Crippen LogP contribution is 2.31. The van der Waals surface area contributed by atoms with Crippen molar-refractivity contribution in [3.63, 3.8) is 0 Å². The highest BCUT2D eigenvalue weighted by molar-refractivity contribution is 7.92. The maximum Gasteiger partial charge on any atom is 0.270 e. The molecule has 8 heteroatoms. The fraction of sp³-hybridized carbons (Fsp3) is 0.360. The molecule has 7 nitrogen and oxygen atoms in total. The molecule has 1 aliphatic carbocycles. The van der Waals surface area contributed by atoms with E-state index in [9.17, 15) is 13.2 Å². The predicted octanol–water partition coefficient (Wildman–Crippen LogP) is 4.32. The molecule has 0 radical (unpaired) electrons. The summed E-state index contributed by atoms with van der Waals surface area (Å²) in [6.07, 6.45) is 3.49. The molecule has 1 aliphatic rings. The molecule has 1 heterocycles. The number of sulfonamides is 1. The molecule has 174 valence electrons. The van der Waals surface area contributed by atoms with Gasteiger partial charge in [0.1, 0.15) is 5.75 Å². The summed E-state index contributed by atoms with van der Waals surface area (Å²) in [6.45, 7) is 6.56. The molecule has 0 fully saturated rings. The molecule has 33 heavy (non-hydrogen) atoms. The number of benzene rings is 2. The number of fused-ring (bicyclic) bond motifs is 1. The lowest BCUT2D eigenvalue weighted by atomic mass is 9.89. The van der Waals surface area contributed by atoms with Gasteiger partial charge in [0.15, 0.2) is 0 Å². The van der Waals surface area contributed by atoms with Gasteiger partial charge in [0.2, 0.25) is 0 Å². The summed E-state index contributed by atoms with van der Waals surface area (Å²) < 4.78 is 36.1. The standard InChI is InChI=1S/C25H29N3O4S/c1-4-28-25(29)22-9-7-6-8-21(22)24(26-28)18-11-10-17(3)23(16-18)33(30,31)27-19-12-14-20(15-13-19)32-5-2/h10-16,27H,4-9H2,1-3H3. The molecule has 0 unspecified atom stereocenters. The summed E-state index contributed by atoms with van der Waals surface area (Å²) in [5.74, 6) is 0.681. The van der Waals surface area contributed by atoms with Crippen molar-refractivity contribution in [1.29, 1.82) is 0 Å². The van der Waals surface area contributed by atoms with Crippen molar-refractivity contribution >= 4 is 15.7 Å². The second kappa shape index (κ2) is 9.39. The number of anilines is 1. The minimum Gasteiger partial charge on any atom is -0.494 e. The van der Waals surface area contributed by atoms with Crippen LogP contribution in [-0.2, 0) is 29.4 Å². The SMILES string of the molecule is CCOc1ccc(NS(=O)(=O)c2cc(-c3nn(CC)c(=O)c4c3CCCC4)ccc2C)cc1. The lowest BCUT2D eigenvalue weighted by Crippen LogP contribution is -2.30. The van der Waals surface area contributed by atoms with Crippen molar-refractivity contribution in [3.05, 3.63) is 69.5 Å². The first-order valence-corrected chi connectivity index (χ1v) is 12.8. The van der Waals surface area contributed by atoms with Crippen LogP contribution in [0.3, 0.4) is 0 Å². The van der Waals surface area contributed by atoms with Crippen molar-refractivity contribution in [2.75, 3.05) is 11.3 Å². The van der Waals surface area contributed by atoms with E-state index in [1.807, 2.05) is 19.9 Å². The number of hydrogen-bond acceptors (Lipinski definition) is 5. The van der Waals surface area contributed by atoms with Crippen LogP contribution in [0.1, 0.15) is 43.4 Å². The summed E-state index contributed by atoms with van der Waals surface area (Å²) in [4.78, 5) is 13.0. The lowest BCUT2D eigenvalue weighted by Gasteiger charge is -2.20. The van der Waals surface area contributed by atoms with Crippen LogP contribution in [0.5, 0.6) is 5.75 Å². The van der Waals surface area contributed by atoms with Gasteiger partial charge in [-0.15, -0.1) is 0 Å². The molecule has 2 aromatic carbocycles. The van der Waals surface area contributed by atoms with E-state index >= 15 is 0 Å². The molecule has 0 aliphatic heterocycles. The number of ether oxygens (including phenoxy) is 1. The molecule has 3 aromatic rings. The fourth-order valence-electron chi connectivity index (χ4n) is 4.26. The Morgan fingerprint density at radius 1 is 1.03 bits per heavy atom. The van der Waals surface area contributed by atoms with Gasteiger partial charge in [-0.05, 0) is 87.9 Å². The van der Waals surface area contributed by atoms with Crippen LogP contribution < -0.4 is 15.0 Å². The van der Waals surface area contributed by atoms with Gasteiger partial charge in [-0.25, -0.2) is 13.1 Å². The first kappa shape index (κ1) is 23.0. The van der Waals surface area contributed by atoms with Gasteiger partial charge >= 0.3 is 0 Å². The summed E-state index contributed by atoms with van der Waals surface area (Å²) in [5, 5.41) is 4.61. The van der Waals surface area contributed by atoms with Crippen molar-refractivity contribution in [1.82, 2.24) is 9.78 Å². The fourth-order valence-corrected chi connectivity index (χ4v) is 5.59. The van der Waals surface area contributed by atoms with E-state index in [-0.39, 0.29) is 10.5 Å². The zero-order valence-corrected chi connectivity index (χ0v) is 20.0. The van der Waals surface area contributed by atoms with Crippen LogP contribution in [0.25, 0.3) is 11.3 Å². The highest BCUT2D eigenvalue weighted by atomic mass is 32.2. The number of hydrogen-bond donors (Lipinski definition) is 1. The average molecular weight is 468 g/mol. The maximum atomic E-state index is 13.3. The first-order chi connectivity index (χ1) is 15.8. The van der Waals surface area contributed by atoms with Crippen LogP contribution in [0.2, 0.25) is 0 Å². The Morgan fingerprint density at radius 2 is 1.73 bits per heavy atom. The van der Waals surface area contributed by atoms with Gasteiger partial charge in [-0.2, -0.15) is 5.10 Å². The van der Waals surface area contributed by atoms with Crippen molar-refractivity contribution in [3.8, 4) is 17.0 Å². The summed E-state index contributed by atoms with van der Waals surface area (Å²) >= 11 is 0. The second-order valence-electron chi connectivity index (χ2n) is 8.18. The van der Waals surface area contributed by atoms with E-state index in [1.54, 1.807) is 43.3 Å². The Bertz CT molecular complexity index is 1330. The molecule has 0 saturated heterocycles. The Balaban J connectivity index is 1.75. The molecule has 1 aromatic heterocycles. The van der Waals surface area contributed by atoms with Crippen LogP contribution in [0.4, 0.5) is 5.69 Å². The van der Waals surface area contributed by atoms with Gasteiger partial charge in [-0.3, -0.25) is 9.52 Å². The van der Waals surface area contributed by atoms with E-state index in [4.69, 9.17) is 4.74 Å². The normalized spacial score (nSPS) is 13.4. The van der Waals surface area contributed by atoms with Gasteiger partial charge in [0.25, 0.3) is 15.6 Å². The lowest BCUT2D eigenvalue weighted by molar-refractivity contribution is 0.340. The number of nitrogens with zero attached hydrogens (tertiary/aromatic N) is 2. The van der Waals surface area contributed by atoms with Gasteiger partial charge in [0.05, 0.1) is 17.2 Å². The van der Waals surface area contributed by atoms with Crippen LogP contribution in [0, 0.1) is 6.92 Å². The topological polar surface area (TPSA) is 90.3 Å². The predicted molar refractivity (Wildman–Crippen MR) is 129 cm³/mol. The van der Waals surface area contributed by atoms with Crippen LogP contribution >= 0.6 is 0 Å². The summed E-state index contributed by atoms with van der Waals surface area (Å²) in [5.41, 5.74) is 4.21. The maximum absolute atomic E-state index is 13.3. The third-order valence-electron chi connectivity index (χ3n) is 5.94. The molecular weight excluding hydrogens is 438 g/mol. The second-order valence-corrected chi connectivity index (χ2v) is 9.83. The van der Waals surface area contributed by atoms with E-state index in [1.165, 1.54) is 4.68 Å². The quantitative estimate of drug-likeness (QED) is 0.559. The largest absolute Gasteiger partial charge is 0.494 e. The van der Waals surface area contributed by atoms with Crippen molar-refractivity contribution < 1.29 is 13.2 Å². The highest BCUT2D eigenvalue weighted by Gasteiger charge is 2.23. The van der Waals surface area contributed by atoms with E-state index in [2.05, 4.69) is 9.82 Å². The number of nitrogens with one attached hydrogen (secondary N) is 1. The van der Waals surface area contributed by atoms with Crippen molar-refractivity contribution in [2.45, 2.75) is 57.9 Å². The first-order valence-electron chi connectivity index (χ1n) is 11.3. The molecule has 0 spiro atoms. The molecule has 4 rings (SSSR count). The Labute approximate surface area is 194 Å². The van der Waals surface area contributed by atoms with E-state index in [0.29, 0.717) is 41.4 Å². The average Bonchev–Trinajstić information content (AvgIpc) is 2.81.